The molecule has 0 spiro atoms. The van der Waals surface area contributed by atoms with Crippen LogP contribution >= 0.6 is 0 Å². The van der Waals surface area contributed by atoms with E-state index in [0.29, 0.717) is 0 Å². The lowest BCUT2D eigenvalue weighted by atomic mass is 10.3. The van der Waals surface area contributed by atoms with Crippen LogP contribution in [0.25, 0.3) is 0 Å². The molecule has 1 nitrogen and oxygen atoms in total. The van der Waals surface area contributed by atoms with E-state index in [-0.39, 0.29) is 0 Å². The second-order valence-electron chi connectivity index (χ2n) is 6.15. The Balaban J connectivity index is 2.41. The predicted molar refractivity (Wildman–Crippen MR) is 78.1 cm³/mol. The summed E-state index contributed by atoms with van der Waals surface area (Å²) in [7, 11) is -2.40. The topological polar surface area (TPSA) is 3.24 Å². The van der Waals surface area contributed by atoms with E-state index >= 15 is 0 Å². The van der Waals surface area contributed by atoms with Gasteiger partial charge in [-0.1, -0.05) is 50.8 Å². The summed E-state index contributed by atoms with van der Waals surface area (Å²) in [6.45, 7) is 10.1. The zero-order valence-electron chi connectivity index (χ0n) is 11.0. The third-order valence-electron chi connectivity index (χ3n) is 3.80. The summed E-state index contributed by atoms with van der Waals surface area (Å²) in [5, 5.41) is 0. The van der Waals surface area contributed by atoms with Gasteiger partial charge < -0.3 is 4.23 Å². The fourth-order valence-electron chi connectivity index (χ4n) is 3.27. The largest absolute Gasteiger partial charge is 0.424 e. The molecule has 2 rings (SSSR count). The number of hydrogen-bond donors (Lipinski definition) is 0. The molecule has 0 unspecified atom stereocenters. The molecule has 0 atom stereocenters. The van der Waals surface area contributed by atoms with Crippen molar-refractivity contribution in [3.8, 4) is 0 Å². The molecule has 0 amide bonds. The highest BCUT2D eigenvalue weighted by molar-refractivity contribution is 7.01. The molecule has 1 aromatic rings. The SMILES string of the molecule is C[Si]1(C)CCC[Si](C)(C)N1c1ccccc1. The Labute approximate surface area is 102 Å². The molecule has 16 heavy (non-hydrogen) atoms. The van der Waals surface area contributed by atoms with Crippen molar-refractivity contribution in [3.63, 3.8) is 0 Å². The average molecular weight is 250 g/mol. The van der Waals surface area contributed by atoms with Gasteiger partial charge >= 0.3 is 0 Å². The van der Waals surface area contributed by atoms with E-state index < -0.39 is 16.5 Å². The van der Waals surface area contributed by atoms with Gasteiger partial charge in [0.25, 0.3) is 0 Å². The Morgan fingerprint density at radius 2 is 1.38 bits per heavy atom. The first-order chi connectivity index (χ1) is 7.43. The number of para-hydroxylation sites is 1. The maximum atomic E-state index is 2.88. The lowest BCUT2D eigenvalue weighted by molar-refractivity contribution is 0.959. The minimum Gasteiger partial charge on any atom is -0.424 e. The molecule has 0 bridgehead atoms. The maximum Gasteiger partial charge on any atom is 0.141 e. The monoisotopic (exact) mass is 249 g/mol. The van der Waals surface area contributed by atoms with Gasteiger partial charge in [0.2, 0.25) is 0 Å². The highest BCUT2D eigenvalue weighted by Gasteiger charge is 2.43. The lowest BCUT2D eigenvalue weighted by Gasteiger charge is -2.52. The van der Waals surface area contributed by atoms with Crippen LogP contribution in [0.1, 0.15) is 6.42 Å². The molecule has 0 saturated carbocycles. The molecule has 0 N–H and O–H groups in total. The predicted octanol–water partition coefficient (Wildman–Crippen LogP) is 4.31. The van der Waals surface area contributed by atoms with Crippen LogP contribution in [-0.4, -0.2) is 16.5 Å². The molecular weight excluding hydrogens is 226 g/mol. The van der Waals surface area contributed by atoms with Crippen LogP contribution in [0, 0.1) is 0 Å². The fraction of sp³-hybridized carbons (Fsp3) is 0.538. The molecule has 1 aliphatic rings. The number of benzene rings is 1. The van der Waals surface area contributed by atoms with E-state index in [1.807, 2.05) is 0 Å². The summed E-state index contributed by atoms with van der Waals surface area (Å²) in [5.41, 5.74) is 1.48. The summed E-state index contributed by atoms with van der Waals surface area (Å²) in [5.74, 6) is 0. The van der Waals surface area contributed by atoms with Gasteiger partial charge in [0.05, 0.1) is 0 Å². The lowest BCUT2D eigenvalue weighted by Crippen LogP contribution is -2.65. The molecule has 1 saturated heterocycles. The third kappa shape index (κ3) is 2.11. The van der Waals surface area contributed by atoms with Crippen LogP contribution in [0.3, 0.4) is 0 Å². The van der Waals surface area contributed by atoms with Gasteiger partial charge in [-0.3, -0.25) is 0 Å². The Kier molecular flexibility index (Phi) is 3.01. The van der Waals surface area contributed by atoms with Crippen molar-refractivity contribution in [3.05, 3.63) is 30.3 Å². The Bertz CT molecular complexity index is 343. The number of rotatable bonds is 1. The standard InChI is InChI=1S/C13H23NSi2/c1-15(2)11-8-12-16(3,4)14(15)13-9-6-5-7-10-13/h5-7,9-10H,8,11-12H2,1-4H3. The van der Waals surface area contributed by atoms with Gasteiger partial charge in [0, 0.05) is 5.69 Å². The Morgan fingerprint density at radius 3 is 1.88 bits per heavy atom. The van der Waals surface area contributed by atoms with Crippen LogP contribution < -0.4 is 4.23 Å². The fourth-order valence-corrected chi connectivity index (χ4v) is 15.1. The van der Waals surface area contributed by atoms with E-state index in [2.05, 4.69) is 60.8 Å². The second-order valence-corrected chi connectivity index (χ2v) is 15.7. The zero-order chi connectivity index (χ0) is 11.8. The van der Waals surface area contributed by atoms with Crippen LogP contribution in [0.4, 0.5) is 5.69 Å². The van der Waals surface area contributed by atoms with Crippen molar-refractivity contribution in [2.45, 2.75) is 44.7 Å². The molecule has 1 aromatic carbocycles. The van der Waals surface area contributed by atoms with Crippen molar-refractivity contribution in [2.75, 3.05) is 4.23 Å². The summed E-state index contributed by atoms with van der Waals surface area (Å²) in [4.78, 5) is 0. The van der Waals surface area contributed by atoms with Gasteiger partial charge in [-0.2, -0.15) is 0 Å². The van der Waals surface area contributed by atoms with Gasteiger partial charge in [-0.05, 0) is 24.2 Å². The van der Waals surface area contributed by atoms with Crippen LogP contribution in [0.5, 0.6) is 0 Å². The van der Waals surface area contributed by atoms with Gasteiger partial charge in [-0.15, -0.1) is 0 Å². The molecule has 0 aliphatic carbocycles. The zero-order valence-corrected chi connectivity index (χ0v) is 13.0. The maximum absolute atomic E-state index is 2.88. The number of anilines is 1. The van der Waals surface area contributed by atoms with E-state index in [9.17, 15) is 0 Å². The smallest absolute Gasteiger partial charge is 0.141 e. The first kappa shape index (κ1) is 11.9. The van der Waals surface area contributed by atoms with Crippen LogP contribution in [0.15, 0.2) is 30.3 Å². The molecular formula is C13H23NSi2. The quantitative estimate of drug-likeness (QED) is 0.671. The molecule has 1 heterocycles. The third-order valence-corrected chi connectivity index (χ3v) is 13.5. The van der Waals surface area contributed by atoms with Crippen LogP contribution in [0.2, 0.25) is 38.3 Å². The van der Waals surface area contributed by atoms with E-state index in [1.54, 1.807) is 0 Å². The highest BCUT2D eigenvalue weighted by atomic mass is 28.4. The molecule has 3 heteroatoms. The summed E-state index contributed by atoms with van der Waals surface area (Å²) in [6, 6.07) is 14.0. The summed E-state index contributed by atoms with van der Waals surface area (Å²) >= 11 is 0. The van der Waals surface area contributed by atoms with Crippen molar-refractivity contribution >= 4 is 22.2 Å². The van der Waals surface area contributed by atoms with Crippen molar-refractivity contribution in [1.29, 1.82) is 0 Å². The summed E-state index contributed by atoms with van der Waals surface area (Å²) in [6.07, 6.45) is 1.46. The first-order valence-electron chi connectivity index (χ1n) is 6.29. The molecule has 1 fully saturated rings. The molecule has 88 valence electrons. The van der Waals surface area contributed by atoms with E-state index in [0.717, 1.165) is 0 Å². The Morgan fingerprint density at radius 1 is 0.875 bits per heavy atom. The van der Waals surface area contributed by atoms with Gasteiger partial charge in [0.15, 0.2) is 0 Å². The average Bonchev–Trinajstić information content (AvgIpc) is 2.16. The minimum absolute atomic E-state index is 1.20. The number of nitrogens with zero attached hydrogens (tertiary/aromatic N) is 1. The number of hydrogen-bond acceptors (Lipinski definition) is 1. The van der Waals surface area contributed by atoms with Crippen LogP contribution in [-0.2, 0) is 0 Å². The van der Waals surface area contributed by atoms with E-state index in [1.165, 1.54) is 24.2 Å². The minimum atomic E-state index is -1.20. The van der Waals surface area contributed by atoms with E-state index in [4.69, 9.17) is 0 Å². The second kappa shape index (κ2) is 4.04. The van der Waals surface area contributed by atoms with Crippen molar-refractivity contribution in [1.82, 2.24) is 0 Å². The summed E-state index contributed by atoms with van der Waals surface area (Å²) < 4.78 is 2.88. The molecule has 0 radical (unpaired) electrons. The van der Waals surface area contributed by atoms with Crippen molar-refractivity contribution in [2.24, 2.45) is 0 Å². The first-order valence-corrected chi connectivity index (χ1v) is 12.6. The molecule has 1 aliphatic heterocycles. The van der Waals surface area contributed by atoms with Crippen molar-refractivity contribution < 1.29 is 0 Å². The van der Waals surface area contributed by atoms with Gasteiger partial charge in [-0.25, -0.2) is 0 Å². The molecule has 0 aromatic heterocycles. The van der Waals surface area contributed by atoms with Gasteiger partial charge in [0.1, 0.15) is 16.5 Å². The Hall–Kier alpha value is -0.546. The normalized spacial score (nSPS) is 23.1. The highest BCUT2D eigenvalue weighted by Crippen LogP contribution is 2.38.